The van der Waals surface area contributed by atoms with Crippen molar-refractivity contribution in [1.82, 2.24) is 0 Å². The quantitative estimate of drug-likeness (QED) is 0.601. The number of rotatable bonds is 10. The molecule has 5 nitrogen and oxygen atoms in total. The third kappa shape index (κ3) is 7.21. The molecule has 0 bridgehead atoms. The van der Waals surface area contributed by atoms with Crippen LogP contribution in [0, 0.1) is 6.92 Å². The fraction of sp³-hybridized carbons (Fsp3) is 0.381. The van der Waals surface area contributed by atoms with Gasteiger partial charge in [-0.2, -0.15) is 0 Å². The Hall–Kier alpha value is -2.08. The zero-order chi connectivity index (χ0) is 19.6. The van der Waals surface area contributed by atoms with Gasteiger partial charge in [-0.25, -0.2) is 0 Å². The van der Waals surface area contributed by atoms with E-state index in [2.05, 4.69) is 5.32 Å². The molecule has 2 rings (SSSR count). The van der Waals surface area contributed by atoms with E-state index in [0.717, 1.165) is 11.1 Å². The molecule has 0 saturated carbocycles. The van der Waals surface area contributed by atoms with E-state index in [1.54, 1.807) is 25.1 Å². The maximum absolute atomic E-state index is 12.4. The summed E-state index contributed by atoms with van der Waals surface area (Å²) >= 11 is 5.95. The molecule has 146 valence electrons. The van der Waals surface area contributed by atoms with Crippen LogP contribution in [0.1, 0.15) is 25.0 Å². The number of halogens is 1. The molecule has 27 heavy (non-hydrogen) atoms. The topological polar surface area (TPSA) is 56.8 Å². The third-order valence-corrected chi connectivity index (χ3v) is 4.08. The van der Waals surface area contributed by atoms with Crippen LogP contribution in [0.2, 0.25) is 5.02 Å². The van der Waals surface area contributed by atoms with Crippen molar-refractivity contribution >= 4 is 23.2 Å². The molecule has 1 amide bonds. The summed E-state index contributed by atoms with van der Waals surface area (Å²) in [7, 11) is 0. The molecule has 0 aliphatic carbocycles. The molecule has 0 aromatic heterocycles. The van der Waals surface area contributed by atoms with Crippen LogP contribution in [0.3, 0.4) is 0 Å². The van der Waals surface area contributed by atoms with E-state index in [1.807, 2.05) is 38.1 Å². The highest BCUT2D eigenvalue weighted by Gasteiger charge is 2.16. The number of hydrogen-bond acceptors (Lipinski definition) is 4. The largest absolute Gasteiger partial charge is 0.481 e. The van der Waals surface area contributed by atoms with Crippen LogP contribution in [0.4, 0.5) is 5.69 Å². The van der Waals surface area contributed by atoms with Gasteiger partial charge in [0.25, 0.3) is 5.91 Å². The normalized spacial score (nSPS) is 11.9. The first-order chi connectivity index (χ1) is 13.0. The van der Waals surface area contributed by atoms with Crippen LogP contribution in [-0.2, 0) is 20.9 Å². The molecule has 6 heteroatoms. The van der Waals surface area contributed by atoms with Crippen molar-refractivity contribution < 1.29 is 19.0 Å². The van der Waals surface area contributed by atoms with Crippen LogP contribution in [0.25, 0.3) is 0 Å². The van der Waals surface area contributed by atoms with E-state index >= 15 is 0 Å². The van der Waals surface area contributed by atoms with Gasteiger partial charge in [-0.15, -0.1) is 0 Å². The average Bonchev–Trinajstić information content (AvgIpc) is 2.64. The number of anilines is 1. The molecule has 0 fully saturated rings. The highest BCUT2D eigenvalue weighted by molar-refractivity contribution is 6.30. The standard InChI is InChI=1S/C21H26ClNO4/c1-4-25-10-11-26-14-17-6-5-7-19(13-17)23-21(24)16(3)27-20-9-8-18(22)12-15(20)2/h5-9,12-13,16H,4,10-11,14H2,1-3H3,(H,23,24). The van der Waals surface area contributed by atoms with Crippen LogP contribution in [-0.4, -0.2) is 31.8 Å². The van der Waals surface area contributed by atoms with Gasteiger partial charge in [-0.1, -0.05) is 23.7 Å². The monoisotopic (exact) mass is 391 g/mol. The molecule has 0 saturated heterocycles. The Bertz CT molecular complexity index is 751. The first-order valence-electron chi connectivity index (χ1n) is 8.97. The predicted molar refractivity (Wildman–Crippen MR) is 107 cm³/mol. The predicted octanol–water partition coefficient (Wildman–Crippen LogP) is 4.61. The highest BCUT2D eigenvalue weighted by Crippen LogP contribution is 2.23. The Balaban J connectivity index is 1.87. The molecular weight excluding hydrogens is 366 g/mol. The van der Waals surface area contributed by atoms with E-state index in [0.29, 0.717) is 42.9 Å². The van der Waals surface area contributed by atoms with Gasteiger partial charge in [0.2, 0.25) is 0 Å². The molecule has 2 aromatic carbocycles. The minimum absolute atomic E-state index is 0.223. The summed E-state index contributed by atoms with van der Waals surface area (Å²) in [5.41, 5.74) is 2.56. The van der Waals surface area contributed by atoms with E-state index in [-0.39, 0.29) is 5.91 Å². The number of aryl methyl sites for hydroxylation is 1. The lowest BCUT2D eigenvalue weighted by Crippen LogP contribution is -2.30. The molecule has 1 atom stereocenters. The van der Waals surface area contributed by atoms with E-state index in [1.165, 1.54) is 0 Å². The Morgan fingerprint density at radius 3 is 2.67 bits per heavy atom. The number of amides is 1. The second-order valence-corrected chi connectivity index (χ2v) is 6.55. The fourth-order valence-corrected chi connectivity index (χ4v) is 2.65. The minimum atomic E-state index is -0.643. The number of ether oxygens (including phenoxy) is 3. The Morgan fingerprint density at radius 2 is 1.93 bits per heavy atom. The second-order valence-electron chi connectivity index (χ2n) is 6.11. The maximum Gasteiger partial charge on any atom is 0.265 e. The zero-order valence-corrected chi connectivity index (χ0v) is 16.7. The Labute approximate surface area is 165 Å². The molecule has 1 unspecified atom stereocenters. The first kappa shape index (κ1) is 21.2. The van der Waals surface area contributed by atoms with Crippen molar-refractivity contribution in [3.63, 3.8) is 0 Å². The summed E-state index contributed by atoms with van der Waals surface area (Å²) in [6.07, 6.45) is -0.643. The van der Waals surface area contributed by atoms with Crippen molar-refractivity contribution in [2.24, 2.45) is 0 Å². The second kappa shape index (κ2) is 10.9. The molecule has 0 heterocycles. The molecule has 0 spiro atoms. The lowest BCUT2D eigenvalue weighted by atomic mass is 10.2. The smallest absolute Gasteiger partial charge is 0.265 e. The summed E-state index contributed by atoms with van der Waals surface area (Å²) in [5, 5.41) is 3.51. The zero-order valence-electron chi connectivity index (χ0n) is 16.0. The van der Waals surface area contributed by atoms with E-state index < -0.39 is 6.10 Å². The number of carbonyl (C=O) groups excluding carboxylic acids is 1. The lowest BCUT2D eigenvalue weighted by molar-refractivity contribution is -0.122. The maximum atomic E-state index is 12.4. The van der Waals surface area contributed by atoms with Crippen molar-refractivity contribution in [3.8, 4) is 5.75 Å². The van der Waals surface area contributed by atoms with Crippen molar-refractivity contribution in [2.45, 2.75) is 33.5 Å². The number of carbonyl (C=O) groups is 1. The Kier molecular flexibility index (Phi) is 8.58. The van der Waals surface area contributed by atoms with Gasteiger partial charge in [-0.3, -0.25) is 4.79 Å². The van der Waals surface area contributed by atoms with Crippen LogP contribution < -0.4 is 10.1 Å². The molecule has 0 radical (unpaired) electrons. The summed E-state index contributed by atoms with van der Waals surface area (Å²) in [4.78, 5) is 12.4. The van der Waals surface area contributed by atoms with Crippen LogP contribution >= 0.6 is 11.6 Å². The number of hydrogen-bond donors (Lipinski definition) is 1. The SMILES string of the molecule is CCOCCOCc1cccc(NC(=O)C(C)Oc2ccc(Cl)cc2C)c1. The van der Waals surface area contributed by atoms with Gasteiger partial charge in [0.15, 0.2) is 6.10 Å². The van der Waals surface area contributed by atoms with Gasteiger partial charge in [0.1, 0.15) is 5.75 Å². The number of benzene rings is 2. The molecule has 0 aliphatic heterocycles. The lowest BCUT2D eigenvalue weighted by Gasteiger charge is -2.16. The molecular formula is C21H26ClNO4. The summed E-state index contributed by atoms with van der Waals surface area (Å²) in [5.74, 6) is 0.414. The van der Waals surface area contributed by atoms with Crippen molar-refractivity contribution in [3.05, 3.63) is 58.6 Å². The van der Waals surface area contributed by atoms with Gasteiger partial charge < -0.3 is 19.5 Å². The third-order valence-electron chi connectivity index (χ3n) is 3.85. The molecule has 1 N–H and O–H groups in total. The molecule has 2 aromatic rings. The van der Waals surface area contributed by atoms with Crippen LogP contribution in [0.5, 0.6) is 5.75 Å². The van der Waals surface area contributed by atoms with Crippen molar-refractivity contribution in [1.29, 1.82) is 0 Å². The van der Waals surface area contributed by atoms with Crippen LogP contribution in [0.15, 0.2) is 42.5 Å². The van der Waals surface area contributed by atoms with Gasteiger partial charge in [-0.05, 0) is 62.2 Å². The van der Waals surface area contributed by atoms with Gasteiger partial charge in [0, 0.05) is 17.3 Å². The van der Waals surface area contributed by atoms with Gasteiger partial charge >= 0.3 is 0 Å². The van der Waals surface area contributed by atoms with E-state index in [9.17, 15) is 4.79 Å². The summed E-state index contributed by atoms with van der Waals surface area (Å²) < 4.78 is 16.5. The fourth-order valence-electron chi connectivity index (χ4n) is 2.42. The first-order valence-corrected chi connectivity index (χ1v) is 9.35. The summed E-state index contributed by atoms with van der Waals surface area (Å²) in [6.45, 7) is 7.81. The van der Waals surface area contributed by atoms with Crippen molar-refractivity contribution in [2.75, 3.05) is 25.1 Å². The average molecular weight is 392 g/mol. The summed E-state index contributed by atoms with van der Waals surface area (Å²) in [6, 6.07) is 12.9. The Morgan fingerprint density at radius 1 is 1.15 bits per heavy atom. The van der Waals surface area contributed by atoms with E-state index in [4.69, 9.17) is 25.8 Å². The van der Waals surface area contributed by atoms with Gasteiger partial charge in [0.05, 0.1) is 19.8 Å². The number of nitrogens with one attached hydrogen (secondary N) is 1. The minimum Gasteiger partial charge on any atom is -0.481 e. The highest BCUT2D eigenvalue weighted by atomic mass is 35.5. The molecule has 0 aliphatic rings.